The van der Waals surface area contributed by atoms with Crippen LogP contribution in [0.2, 0.25) is 0 Å². The number of nitrogens with zero attached hydrogens (tertiary/aromatic N) is 3. The van der Waals surface area contributed by atoms with Gasteiger partial charge in [0, 0.05) is 55.0 Å². The summed E-state index contributed by atoms with van der Waals surface area (Å²) < 4.78 is 37.1. The number of ether oxygens (including phenoxy) is 4. The summed E-state index contributed by atoms with van der Waals surface area (Å²) in [7, 11) is 1.52. The molecule has 226 valence electrons. The van der Waals surface area contributed by atoms with Crippen molar-refractivity contribution < 1.29 is 33.2 Å². The van der Waals surface area contributed by atoms with E-state index in [9.17, 15) is 19.6 Å². The van der Waals surface area contributed by atoms with Gasteiger partial charge in [0.05, 0.1) is 30.0 Å². The minimum atomic E-state index is -1.04. The number of carbonyl (C=O) groups is 1. The molecule has 3 aromatic carbocycles. The number of methoxy groups -OCH3 is 1. The smallest absolute Gasteiger partial charge is 0.404 e. The number of benzene rings is 3. The number of nitriles is 1. The summed E-state index contributed by atoms with van der Waals surface area (Å²) in [6, 6.07) is 17.9. The summed E-state index contributed by atoms with van der Waals surface area (Å²) in [6.45, 7) is 2.04. The molecule has 0 spiro atoms. The lowest BCUT2D eigenvalue weighted by Crippen LogP contribution is -2.44. The highest BCUT2D eigenvalue weighted by atomic mass is 19.1. The lowest BCUT2D eigenvalue weighted by Gasteiger charge is -2.35. The van der Waals surface area contributed by atoms with Gasteiger partial charge in [-0.05, 0) is 54.3 Å². The zero-order valence-corrected chi connectivity index (χ0v) is 24.1. The second kappa shape index (κ2) is 12.8. The summed E-state index contributed by atoms with van der Waals surface area (Å²) in [4.78, 5) is 18.2. The van der Waals surface area contributed by atoms with Crippen molar-refractivity contribution in [2.75, 3.05) is 45.1 Å². The lowest BCUT2D eigenvalue weighted by atomic mass is 9.95. The van der Waals surface area contributed by atoms with Gasteiger partial charge < -0.3 is 34.3 Å². The molecule has 4 aromatic rings. The lowest BCUT2D eigenvalue weighted by molar-refractivity contribution is -0.0797. The highest BCUT2D eigenvalue weighted by molar-refractivity contribution is 6.02. The third-order valence-electron chi connectivity index (χ3n) is 7.84. The quantitative estimate of drug-likeness (QED) is 0.238. The maximum atomic E-state index is 15.0. The van der Waals surface area contributed by atoms with Gasteiger partial charge in [-0.15, -0.1) is 0 Å². The first-order valence-corrected chi connectivity index (χ1v) is 14.3. The Morgan fingerprint density at radius 1 is 1.14 bits per heavy atom. The van der Waals surface area contributed by atoms with Crippen molar-refractivity contribution in [2.24, 2.45) is 0 Å². The van der Waals surface area contributed by atoms with Gasteiger partial charge in [-0.1, -0.05) is 18.2 Å². The molecule has 44 heavy (non-hydrogen) atoms. The van der Waals surface area contributed by atoms with Gasteiger partial charge in [0.25, 0.3) is 0 Å². The number of piperidine rings is 1. The van der Waals surface area contributed by atoms with Crippen LogP contribution in [0.15, 0.2) is 60.8 Å². The Kier molecular flexibility index (Phi) is 8.45. The molecule has 0 radical (unpaired) electrons. The summed E-state index contributed by atoms with van der Waals surface area (Å²) in [5, 5.41) is 22.4. The number of anilines is 1. The number of fused-ring (bicyclic) bond motifs is 1. The van der Waals surface area contributed by atoms with Crippen LogP contribution in [0.5, 0.6) is 11.5 Å². The van der Waals surface area contributed by atoms with Crippen LogP contribution in [-0.2, 0) is 9.47 Å². The topological polar surface area (TPSA) is 126 Å². The molecular weight excluding hydrogens is 567 g/mol. The van der Waals surface area contributed by atoms with Crippen molar-refractivity contribution in [1.82, 2.24) is 10.3 Å². The zero-order chi connectivity index (χ0) is 30.6. The minimum absolute atomic E-state index is 0.0213. The van der Waals surface area contributed by atoms with E-state index in [0.717, 1.165) is 27.7 Å². The van der Waals surface area contributed by atoms with Crippen LogP contribution in [0, 0.1) is 17.1 Å². The van der Waals surface area contributed by atoms with E-state index in [2.05, 4.69) is 16.3 Å². The van der Waals surface area contributed by atoms with Gasteiger partial charge in [0.1, 0.15) is 29.5 Å². The number of halogens is 1. The third kappa shape index (κ3) is 6.08. The summed E-state index contributed by atoms with van der Waals surface area (Å²) in [6.07, 6.45) is 1.79. The van der Waals surface area contributed by atoms with E-state index >= 15 is 0 Å². The summed E-state index contributed by atoms with van der Waals surface area (Å²) in [5.74, 6) is 0.384. The molecule has 0 unspecified atom stereocenters. The van der Waals surface area contributed by atoms with Crippen molar-refractivity contribution in [3.63, 3.8) is 0 Å². The molecule has 0 saturated carbocycles. The third-order valence-corrected chi connectivity index (χ3v) is 7.84. The van der Waals surface area contributed by atoms with Crippen molar-refractivity contribution in [2.45, 2.75) is 25.0 Å². The van der Waals surface area contributed by atoms with Crippen molar-refractivity contribution in [3.05, 3.63) is 72.2 Å². The Labute approximate surface area is 253 Å². The monoisotopic (exact) mass is 598 g/mol. The Balaban J connectivity index is 1.49. The molecule has 2 N–H and O–H groups in total. The second-order valence-electron chi connectivity index (χ2n) is 10.8. The van der Waals surface area contributed by atoms with Crippen LogP contribution in [-0.4, -0.2) is 68.5 Å². The fraction of sp³-hybridized carbons (Fsp3) is 0.303. The fourth-order valence-corrected chi connectivity index (χ4v) is 5.71. The van der Waals surface area contributed by atoms with Crippen LogP contribution >= 0.6 is 0 Å². The standard InChI is InChI=1S/C33H31FN4O6/c1-41-19-43-32-21(15-35)3-2-4-27(32)20-5-6-30-28(13-20)31(38-9-7-24(8-10-38)37-33(39)40)29(16-36-30)22-11-23(34)14-25(12-22)44-26-17-42-18-26/h2-6,11-14,16,24,26,37H,7-10,17-19H2,1H3,(H,39,40). The molecule has 6 rings (SSSR count). The van der Waals surface area contributed by atoms with E-state index < -0.39 is 11.9 Å². The van der Waals surface area contributed by atoms with E-state index in [4.69, 9.17) is 23.9 Å². The number of nitrogens with one attached hydrogen (secondary N) is 1. The molecule has 1 amide bonds. The van der Waals surface area contributed by atoms with Gasteiger partial charge in [-0.2, -0.15) is 5.26 Å². The number of hydrogen-bond donors (Lipinski definition) is 2. The van der Waals surface area contributed by atoms with Crippen LogP contribution in [0.25, 0.3) is 33.2 Å². The Hall–Kier alpha value is -4.92. The van der Waals surface area contributed by atoms with E-state index in [1.54, 1.807) is 18.3 Å². The molecule has 2 aliphatic heterocycles. The van der Waals surface area contributed by atoms with Crippen molar-refractivity contribution in [3.8, 4) is 39.8 Å². The largest absolute Gasteiger partial charge is 0.485 e. The highest BCUT2D eigenvalue weighted by Gasteiger charge is 2.26. The van der Waals surface area contributed by atoms with Crippen LogP contribution in [0.3, 0.4) is 0 Å². The Morgan fingerprint density at radius 3 is 2.66 bits per heavy atom. The molecule has 0 aliphatic carbocycles. The molecule has 10 nitrogen and oxygen atoms in total. The maximum absolute atomic E-state index is 15.0. The van der Waals surface area contributed by atoms with Crippen LogP contribution in [0.1, 0.15) is 18.4 Å². The predicted molar refractivity (Wildman–Crippen MR) is 161 cm³/mol. The van der Waals surface area contributed by atoms with E-state index in [1.807, 2.05) is 30.3 Å². The van der Waals surface area contributed by atoms with Gasteiger partial charge >= 0.3 is 6.09 Å². The number of rotatable bonds is 9. The second-order valence-corrected chi connectivity index (χ2v) is 10.8. The Bertz CT molecular complexity index is 1730. The van der Waals surface area contributed by atoms with Gasteiger partial charge in [0.2, 0.25) is 0 Å². The molecule has 0 bridgehead atoms. The SMILES string of the molecule is COCOc1c(C#N)cccc1-c1ccc2ncc(-c3cc(F)cc(OC4COC4)c3)c(N3CCC(NC(=O)O)CC3)c2c1. The molecular formula is C33H31FN4O6. The number of pyridine rings is 1. The highest BCUT2D eigenvalue weighted by Crippen LogP contribution is 2.42. The fourth-order valence-electron chi connectivity index (χ4n) is 5.71. The number of aromatic nitrogens is 1. The first-order chi connectivity index (χ1) is 21.4. The normalized spacial score (nSPS) is 15.4. The molecule has 1 aromatic heterocycles. The molecule has 2 fully saturated rings. The number of carboxylic acid groups (broad SMARTS) is 1. The van der Waals surface area contributed by atoms with Gasteiger partial charge in [0.15, 0.2) is 6.79 Å². The zero-order valence-electron chi connectivity index (χ0n) is 24.1. The number of para-hydroxylation sites is 1. The summed E-state index contributed by atoms with van der Waals surface area (Å²) >= 11 is 0. The maximum Gasteiger partial charge on any atom is 0.404 e. The molecule has 11 heteroatoms. The van der Waals surface area contributed by atoms with E-state index in [0.29, 0.717) is 67.3 Å². The number of hydrogen-bond acceptors (Lipinski definition) is 8. The average Bonchev–Trinajstić information content (AvgIpc) is 3.00. The van der Waals surface area contributed by atoms with Gasteiger partial charge in [-0.25, -0.2) is 9.18 Å². The summed E-state index contributed by atoms with van der Waals surface area (Å²) in [5.41, 5.74) is 4.80. The molecule has 2 saturated heterocycles. The van der Waals surface area contributed by atoms with E-state index in [1.165, 1.54) is 19.2 Å². The first kappa shape index (κ1) is 29.2. The van der Waals surface area contributed by atoms with Crippen molar-refractivity contribution in [1.29, 1.82) is 5.26 Å². The Morgan fingerprint density at radius 2 is 1.95 bits per heavy atom. The van der Waals surface area contributed by atoms with Gasteiger partial charge in [-0.3, -0.25) is 4.98 Å². The van der Waals surface area contributed by atoms with Crippen molar-refractivity contribution >= 4 is 22.7 Å². The number of amides is 1. The predicted octanol–water partition coefficient (Wildman–Crippen LogP) is 5.58. The van der Waals surface area contributed by atoms with E-state index in [-0.39, 0.29) is 18.9 Å². The minimum Gasteiger partial charge on any atom is -0.485 e. The first-order valence-electron chi connectivity index (χ1n) is 14.3. The van der Waals surface area contributed by atoms with Crippen LogP contribution in [0.4, 0.5) is 14.9 Å². The molecule has 2 aliphatic rings. The molecule has 0 atom stereocenters. The average molecular weight is 599 g/mol. The molecule has 3 heterocycles. The van der Waals surface area contributed by atoms with Crippen LogP contribution < -0.4 is 19.7 Å².